The molecular formula is C22H28N6O2S. The molecule has 2 fully saturated rings. The Morgan fingerprint density at radius 1 is 1.06 bits per heavy atom. The SMILES string of the molecule is CC1(C)Cc2c(nc3sc4c(N5CCNCC5)ncnc4c3c2N2CCOCC2)CO1. The zero-order chi connectivity index (χ0) is 21.0. The van der Waals surface area contributed by atoms with Gasteiger partial charge in [0.1, 0.15) is 17.0 Å². The molecule has 0 aromatic carbocycles. The van der Waals surface area contributed by atoms with Crippen LogP contribution < -0.4 is 15.1 Å². The van der Waals surface area contributed by atoms with Crippen LogP contribution in [0.2, 0.25) is 0 Å². The number of morpholine rings is 1. The van der Waals surface area contributed by atoms with Crippen LogP contribution in [0, 0.1) is 0 Å². The minimum atomic E-state index is -0.198. The number of aromatic nitrogens is 3. The van der Waals surface area contributed by atoms with Gasteiger partial charge in [-0.15, -0.1) is 11.3 Å². The smallest absolute Gasteiger partial charge is 0.150 e. The monoisotopic (exact) mass is 440 g/mol. The third kappa shape index (κ3) is 3.34. The number of anilines is 2. The summed E-state index contributed by atoms with van der Waals surface area (Å²) in [6.45, 7) is 12.1. The van der Waals surface area contributed by atoms with Crippen LogP contribution in [0.5, 0.6) is 0 Å². The standard InChI is InChI=1S/C22H28N6O2S/c1-22(2)11-14-15(12-30-22)26-21-16(18(14)27-7-9-29-10-8-27)17-19(31-21)20(25-13-24-17)28-5-3-23-4-6-28/h13,23H,3-12H2,1-2H3. The fourth-order valence-corrected chi connectivity index (χ4v) is 6.11. The third-order valence-corrected chi connectivity index (χ3v) is 7.56. The van der Waals surface area contributed by atoms with Crippen LogP contribution in [-0.4, -0.2) is 73.0 Å². The first kappa shape index (κ1) is 19.6. The van der Waals surface area contributed by atoms with Crippen molar-refractivity contribution in [3.8, 4) is 0 Å². The molecule has 3 aliphatic heterocycles. The van der Waals surface area contributed by atoms with E-state index in [4.69, 9.17) is 24.4 Å². The van der Waals surface area contributed by atoms with E-state index in [1.807, 2.05) is 0 Å². The van der Waals surface area contributed by atoms with E-state index in [-0.39, 0.29) is 5.60 Å². The third-order valence-electron chi connectivity index (χ3n) is 6.49. The average molecular weight is 441 g/mol. The Bertz CT molecular complexity index is 1130. The summed E-state index contributed by atoms with van der Waals surface area (Å²) in [5, 5.41) is 4.61. The molecule has 0 atom stereocenters. The van der Waals surface area contributed by atoms with Crippen molar-refractivity contribution in [3.63, 3.8) is 0 Å². The van der Waals surface area contributed by atoms with Gasteiger partial charge in [-0.05, 0) is 13.8 Å². The lowest BCUT2D eigenvalue weighted by Gasteiger charge is -2.37. The molecule has 1 N–H and O–H groups in total. The predicted octanol–water partition coefficient (Wildman–Crippen LogP) is 2.34. The first-order valence-corrected chi connectivity index (χ1v) is 11.9. The van der Waals surface area contributed by atoms with Gasteiger partial charge in [-0.1, -0.05) is 0 Å². The predicted molar refractivity (Wildman–Crippen MR) is 123 cm³/mol. The van der Waals surface area contributed by atoms with Crippen LogP contribution in [0.15, 0.2) is 6.33 Å². The van der Waals surface area contributed by atoms with E-state index in [1.165, 1.54) is 16.6 Å². The van der Waals surface area contributed by atoms with Gasteiger partial charge in [0, 0.05) is 51.3 Å². The molecule has 0 bridgehead atoms. The summed E-state index contributed by atoms with van der Waals surface area (Å²) in [7, 11) is 0. The maximum Gasteiger partial charge on any atom is 0.150 e. The number of nitrogens with zero attached hydrogens (tertiary/aromatic N) is 5. The van der Waals surface area contributed by atoms with Crippen LogP contribution in [0.4, 0.5) is 11.5 Å². The number of ether oxygens (including phenoxy) is 2. The second-order valence-corrected chi connectivity index (χ2v) is 10.1. The van der Waals surface area contributed by atoms with Gasteiger partial charge in [-0.3, -0.25) is 0 Å². The van der Waals surface area contributed by atoms with Crippen LogP contribution in [0.3, 0.4) is 0 Å². The number of thiophene rings is 1. The van der Waals surface area contributed by atoms with Crippen molar-refractivity contribution >= 4 is 43.3 Å². The van der Waals surface area contributed by atoms with Crippen molar-refractivity contribution < 1.29 is 9.47 Å². The summed E-state index contributed by atoms with van der Waals surface area (Å²) < 4.78 is 12.9. The minimum Gasteiger partial charge on any atom is -0.378 e. The van der Waals surface area contributed by atoms with Crippen molar-refractivity contribution in [1.29, 1.82) is 0 Å². The van der Waals surface area contributed by atoms with Crippen molar-refractivity contribution in [1.82, 2.24) is 20.3 Å². The zero-order valence-electron chi connectivity index (χ0n) is 18.1. The average Bonchev–Trinajstić information content (AvgIpc) is 3.16. The quantitative estimate of drug-likeness (QED) is 0.651. The second kappa shape index (κ2) is 7.51. The summed E-state index contributed by atoms with van der Waals surface area (Å²) in [4.78, 5) is 20.5. The van der Waals surface area contributed by atoms with E-state index in [9.17, 15) is 0 Å². The van der Waals surface area contributed by atoms with Crippen molar-refractivity contribution in [2.24, 2.45) is 0 Å². The lowest BCUT2D eigenvalue weighted by atomic mass is 9.91. The summed E-state index contributed by atoms with van der Waals surface area (Å²) in [6, 6.07) is 0. The van der Waals surface area contributed by atoms with Gasteiger partial charge in [0.05, 0.1) is 52.4 Å². The summed E-state index contributed by atoms with van der Waals surface area (Å²) in [5.74, 6) is 1.04. The first-order chi connectivity index (χ1) is 15.1. The summed E-state index contributed by atoms with van der Waals surface area (Å²) >= 11 is 1.72. The lowest BCUT2D eigenvalue weighted by molar-refractivity contribution is -0.0417. The fraction of sp³-hybridized carbons (Fsp3) is 0.591. The molecule has 0 saturated carbocycles. The molecule has 0 radical (unpaired) electrons. The van der Waals surface area contributed by atoms with Gasteiger partial charge in [0.2, 0.25) is 0 Å². The fourth-order valence-electron chi connectivity index (χ4n) is 4.94. The van der Waals surface area contributed by atoms with Gasteiger partial charge in [-0.25, -0.2) is 15.0 Å². The van der Waals surface area contributed by atoms with Crippen LogP contribution in [-0.2, 0) is 22.5 Å². The largest absolute Gasteiger partial charge is 0.378 e. The number of pyridine rings is 1. The number of nitrogens with one attached hydrogen (secondary N) is 1. The first-order valence-electron chi connectivity index (χ1n) is 11.1. The Morgan fingerprint density at radius 3 is 2.68 bits per heavy atom. The molecule has 0 amide bonds. The molecule has 6 heterocycles. The molecule has 3 aliphatic rings. The van der Waals surface area contributed by atoms with Crippen LogP contribution in [0.1, 0.15) is 25.1 Å². The van der Waals surface area contributed by atoms with Gasteiger partial charge in [-0.2, -0.15) is 0 Å². The maximum atomic E-state index is 6.13. The van der Waals surface area contributed by atoms with E-state index >= 15 is 0 Å². The summed E-state index contributed by atoms with van der Waals surface area (Å²) in [6.07, 6.45) is 2.58. The molecule has 6 rings (SSSR count). The van der Waals surface area contributed by atoms with Gasteiger partial charge in [0.15, 0.2) is 0 Å². The van der Waals surface area contributed by atoms with E-state index in [0.717, 1.165) is 85.5 Å². The Labute approximate surface area is 185 Å². The second-order valence-electron chi connectivity index (χ2n) is 9.10. The highest BCUT2D eigenvalue weighted by Gasteiger charge is 2.33. The minimum absolute atomic E-state index is 0.198. The van der Waals surface area contributed by atoms with Crippen LogP contribution >= 0.6 is 11.3 Å². The topological polar surface area (TPSA) is 75.6 Å². The van der Waals surface area contributed by atoms with Crippen molar-refractivity contribution in [3.05, 3.63) is 17.6 Å². The maximum absolute atomic E-state index is 6.13. The van der Waals surface area contributed by atoms with Crippen molar-refractivity contribution in [2.45, 2.75) is 32.5 Å². The number of hydrogen-bond acceptors (Lipinski definition) is 9. The number of piperazine rings is 1. The molecule has 0 unspecified atom stereocenters. The Morgan fingerprint density at radius 2 is 1.87 bits per heavy atom. The molecule has 2 saturated heterocycles. The molecule has 0 aliphatic carbocycles. The number of rotatable bonds is 2. The normalized spacial score (nSPS) is 21.6. The summed E-state index contributed by atoms with van der Waals surface area (Å²) in [5.41, 5.74) is 4.50. The molecule has 3 aromatic heterocycles. The van der Waals surface area contributed by atoms with Gasteiger partial charge < -0.3 is 24.6 Å². The zero-order valence-corrected chi connectivity index (χ0v) is 18.9. The Hall–Kier alpha value is -2.07. The molecule has 8 nitrogen and oxygen atoms in total. The number of fused-ring (bicyclic) bond motifs is 4. The van der Waals surface area contributed by atoms with Gasteiger partial charge >= 0.3 is 0 Å². The molecule has 31 heavy (non-hydrogen) atoms. The van der Waals surface area contributed by atoms with Crippen molar-refractivity contribution in [2.75, 3.05) is 62.3 Å². The molecule has 0 spiro atoms. The lowest BCUT2D eigenvalue weighted by Crippen LogP contribution is -2.43. The van der Waals surface area contributed by atoms with E-state index in [1.54, 1.807) is 17.7 Å². The highest BCUT2D eigenvalue weighted by molar-refractivity contribution is 7.26. The van der Waals surface area contributed by atoms with E-state index in [2.05, 4.69) is 29.0 Å². The molecule has 164 valence electrons. The Balaban J connectivity index is 1.61. The van der Waals surface area contributed by atoms with Crippen LogP contribution in [0.25, 0.3) is 20.4 Å². The molecule has 3 aromatic rings. The van der Waals surface area contributed by atoms with E-state index in [0.29, 0.717) is 6.61 Å². The van der Waals surface area contributed by atoms with E-state index < -0.39 is 0 Å². The number of hydrogen-bond donors (Lipinski definition) is 1. The highest BCUT2D eigenvalue weighted by atomic mass is 32.1. The highest BCUT2D eigenvalue weighted by Crippen LogP contribution is 2.45. The Kier molecular flexibility index (Phi) is 4.75. The molecule has 9 heteroatoms. The van der Waals surface area contributed by atoms with Gasteiger partial charge in [0.25, 0.3) is 0 Å². The molecular weight excluding hydrogens is 412 g/mol.